The van der Waals surface area contributed by atoms with Crippen LogP contribution < -0.4 is 0 Å². The summed E-state index contributed by atoms with van der Waals surface area (Å²) in [7, 11) is 0. The van der Waals surface area contributed by atoms with Gasteiger partial charge in [-0.25, -0.2) is 9.97 Å². The first-order valence-electron chi connectivity index (χ1n) is 7.08. The molecule has 1 heterocycles. The van der Waals surface area contributed by atoms with Gasteiger partial charge in [-0.3, -0.25) is 4.79 Å². The summed E-state index contributed by atoms with van der Waals surface area (Å²) < 4.78 is 0. The maximum Gasteiger partial charge on any atom is 0.162 e. The van der Waals surface area contributed by atoms with Crippen LogP contribution in [0.15, 0.2) is 35.4 Å². The van der Waals surface area contributed by atoms with Crippen molar-refractivity contribution in [2.24, 2.45) is 0 Å². The van der Waals surface area contributed by atoms with Gasteiger partial charge in [0, 0.05) is 12.0 Å². The van der Waals surface area contributed by atoms with Gasteiger partial charge in [-0.1, -0.05) is 30.3 Å². The molecular weight excluding hydrogens is 294 g/mol. The van der Waals surface area contributed by atoms with Crippen molar-refractivity contribution in [2.75, 3.05) is 5.75 Å². The number of nitriles is 1. The van der Waals surface area contributed by atoms with E-state index >= 15 is 0 Å². The van der Waals surface area contributed by atoms with Crippen LogP contribution in [0, 0.1) is 25.2 Å². The second-order valence-electron chi connectivity index (χ2n) is 4.89. The molecule has 0 bridgehead atoms. The average molecular weight is 311 g/mol. The number of hydrogen-bond acceptors (Lipinski definition) is 5. The fourth-order valence-corrected chi connectivity index (χ4v) is 3.10. The van der Waals surface area contributed by atoms with Crippen molar-refractivity contribution in [1.82, 2.24) is 9.97 Å². The number of carbonyl (C=O) groups excluding carboxylic acids is 1. The molecule has 0 saturated carbocycles. The van der Waals surface area contributed by atoms with Crippen LogP contribution >= 0.6 is 11.8 Å². The third kappa shape index (κ3) is 4.15. The number of carbonyl (C=O) groups is 1. The molecule has 0 N–H and O–H groups in total. The molecule has 0 saturated heterocycles. The van der Waals surface area contributed by atoms with Crippen LogP contribution in [-0.4, -0.2) is 21.5 Å². The maximum atomic E-state index is 12.0. The Labute approximate surface area is 134 Å². The Kier molecular flexibility index (Phi) is 5.68. The Bertz CT molecular complexity index is 708. The van der Waals surface area contributed by atoms with Gasteiger partial charge in [0.15, 0.2) is 5.78 Å². The third-order valence-electron chi connectivity index (χ3n) is 3.16. The molecule has 2 aromatic rings. The molecule has 1 aromatic carbocycles. The summed E-state index contributed by atoms with van der Waals surface area (Å²) in [5.74, 6) is 1.57. The molecule has 0 fully saturated rings. The van der Waals surface area contributed by atoms with Crippen molar-refractivity contribution in [3.8, 4) is 6.07 Å². The molecule has 5 heteroatoms. The van der Waals surface area contributed by atoms with Crippen molar-refractivity contribution in [3.63, 3.8) is 0 Å². The summed E-state index contributed by atoms with van der Waals surface area (Å²) in [5, 5.41) is 9.89. The summed E-state index contributed by atoms with van der Waals surface area (Å²) >= 11 is 1.51. The average Bonchev–Trinajstić information content (AvgIpc) is 2.52. The molecule has 0 unspecified atom stereocenters. The molecule has 2 rings (SSSR count). The fourth-order valence-electron chi connectivity index (χ4n) is 2.08. The SMILES string of the molecule is Cc1nc(C)c(C#N)c(SCCCC(=O)c2ccccc2)n1. The standard InChI is InChI=1S/C17H17N3OS/c1-12-15(11-18)17(20-13(2)19-12)22-10-6-9-16(21)14-7-4-3-5-8-14/h3-5,7-8H,6,9-10H2,1-2H3. The van der Waals surface area contributed by atoms with Gasteiger partial charge in [-0.2, -0.15) is 5.26 Å². The van der Waals surface area contributed by atoms with Crippen LogP contribution in [-0.2, 0) is 0 Å². The van der Waals surface area contributed by atoms with Crippen LogP contribution in [0.25, 0.3) is 0 Å². The molecule has 0 atom stereocenters. The van der Waals surface area contributed by atoms with Crippen LogP contribution in [0.4, 0.5) is 0 Å². The quantitative estimate of drug-likeness (QED) is 0.352. The van der Waals surface area contributed by atoms with Gasteiger partial charge in [0.2, 0.25) is 0 Å². The van der Waals surface area contributed by atoms with Crippen molar-refractivity contribution in [1.29, 1.82) is 5.26 Å². The highest BCUT2D eigenvalue weighted by atomic mass is 32.2. The summed E-state index contributed by atoms with van der Waals surface area (Å²) in [6.45, 7) is 3.63. The van der Waals surface area contributed by atoms with E-state index in [1.807, 2.05) is 44.2 Å². The number of Topliss-reactive ketones (excluding diaryl/α,β-unsaturated/α-hetero) is 1. The molecule has 22 heavy (non-hydrogen) atoms. The van der Waals surface area contributed by atoms with E-state index in [9.17, 15) is 10.1 Å². The Morgan fingerprint density at radius 3 is 2.64 bits per heavy atom. The maximum absolute atomic E-state index is 12.0. The van der Waals surface area contributed by atoms with E-state index in [4.69, 9.17) is 0 Å². The van der Waals surface area contributed by atoms with Crippen molar-refractivity contribution in [3.05, 3.63) is 53.0 Å². The Hall–Kier alpha value is -2.19. The lowest BCUT2D eigenvalue weighted by molar-refractivity contribution is 0.0982. The lowest BCUT2D eigenvalue weighted by atomic mass is 10.1. The minimum absolute atomic E-state index is 0.150. The first-order chi connectivity index (χ1) is 10.6. The van der Waals surface area contributed by atoms with Crippen LogP contribution in [0.5, 0.6) is 0 Å². The lowest BCUT2D eigenvalue weighted by Gasteiger charge is -2.06. The van der Waals surface area contributed by atoms with Gasteiger partial charge >= 0.3 is 0 Å². The second-order valence-corrected chi connectivity index (χ2v) is 5.97. The van der Waals surface area contributed by atoms with E-state index in [2.05, 4.69) is 16.0 Å². The van der Waals surface area contributed by atoms with Gasteiger partial charge < -0.3 is 0 Å². The highest BCUT2D eigenvalue weighted by Gasteiger charge is 2.11. The number of benzene rings is 1. The summed E-state index contributed by atoms with van der Waals surface area (Å²) in [4.78, 5) is 20.5. The molecule has 0 aliphatic carbocycles. The van der Waals surface area contributed by atoms with Gasteiger partial charge in [0.05, 0.1) is 5.69 Å². The predicted molar refractivity (Wildman–Crippen MR) is 87.0 cm³/mol. The Morgan fingerprint density at radius 2 is 1.95 bits per heavy atom. The zero-order valence-electron chi connectivity index (χ0n) is 12.7. The highest BCUT2D eigenvalue weighted by Crippen LogP contribution is 2.23. The monoisotopic (exact) mass is 311 g/mol. The number of ketones is 1. The third-order valence-corrected chi connectivity index (χ3v) is 4.22. The number of hydrogen-bond donors (Lipinski definition) is 0. The molecule has 0 aliphatic heterocycles. The molecule has 112 valence electrons. The minimum Gasteiger partial charge on any atom is -0.294 e. The second kappa shape index (κ2) is 7.71. The molecule has 1 aromatic heterocycles. The van der Waals surface area contributed by atoms with E-state index in [1.54, 1.807) is 0 Å². The first-order valence-corrected chi connectivity index (χ1v) is 8.06. The minimum atomic E-state index is 0.150. The zero-order valence-corrected chi connectivity index (χ0v) is 13.5. The normalized spacial score (nSPS) is 10.2. The summed E-state index contributed by atoms with van der Waals surface area (Å²) in [6.07, 6.45) is 1.26. The van der Waals surface area contributed by atoms with Crippen molar-refractivity contribution < 1.29 is 4.79 Å². The smallest absolute Gasteiger partial charge is 0.162 e. The molecule has 0 amide bonds. The van der Waals surface area contributed by atoms with E-state index < -0.39 is 0 Å². The summed E-state index contributed by atoms with van der Waals surface area (Å²) in [5.41, 5.74) is 1.99. The van der Waals surface area contributed by atoms with Crippen molar-refractivity contribution >= 4 is 17.5 Å². The largest absolute Gasteiger partial charge is 0.294 e. The van der Waals surface area contributed by atoms with E-state index in [1.165, 1.54) is 11.8 Å². The van der Waals surface area contributed by atoms with Gasteiger partial charge in [0.25, 0.3) is 0 Å². The number of aryl methyl sites for hydroxylation is 2. The number of aromatic nitrogens is 2. The molecule has 4 nitrogen and oxygen atoms in total. The van der Waals surface area contributed by atoms with Crippen LogP contribution in [0.2, 0.25) is 0 Å². The van der Waals surface area contributed by atoms with Gasteiger partial charge in [-0.05, 0) is 26.0 Å². The molecule has 0 spiro atoms. The molecule has 0 aliphatic rings. The topological polar surface area (TPSA) is 66.6 Å². The van der Waals surface area contributed by atoms with Crippen molar-refractivity contribution in [2.45, 2.75) is 31.7 Å². The first kappa shape index (κ1) is 16.2. The van der Waals surface area contributed by atoms with E-state index in [0.29, 0.717) is 28.5 Å². The summed E-state index contributed by atoms with van der Waals surface area (Å²) in [6, 6.07) is 11.5. The Morgan fingerprint density at radius 1 is 1.23 bits per heavy atom. The number of nitrogens with zero attached hydrogens (tertiary/aromatic N) is 3. The van der Waals surface area contributed by atoms with E-state index in [-0.39, 0.29) is 5.78 Å². The number of thioether (sulfide) groups is 1. The fraction of sp³-hybridized carbons (Fsp3) is 0.294. The highest BCUT2D eigenvalue weighted by molar-refractivity contribution is 7.99. The lowest BCUT2D eigenvalue weighted by Crippen LogP contribution is -2.01. The molecule has 0 radical (unpaired) electrons. The predicted octanol–water partition coefficient (Wildman–Crippen LogP) is 3.72. The van der Waals surface area contributed by atoms with Crippen LogP contribution in [0.1, 0.15) is 40.3 Å². The zero-order chi connectivity index (χ0) is 15.9. The van der Waals surface area contributed by atoms with Gasteiger partial charge in [-0.15, -0.1) is 11.8 Å². The molecular formula is C17H17N3OS. The van der Waals surface area contributed by atoms with Crippen LogP contribution in [0.3, 0.4) is 0 Å². The van der Waals surface area contributed by atoms with Gasteiger partial charge in [0.1, 0.15) is 22.5 Å². The Balaban J connectivity index is 1.90. The van der Waals surface area contributed by atoms with E-state index in [0.717, 1.165) is 17.7 Å². The number of rotatable bonds is 6.